The van der Waals surface area contributed by atoms with E-state index in [1.54, 1.807) is 0 Å². The molecule has 0 saturated heterocycles. The highest BCUT2D eigenvalue weighted by Gasteiger charge is 2.41. The normalized spacial score (nSPS) is 26.8. The first-order valence-electron chi connectivity index (χ1n) is 4.08. The Morgan fingerprint density at radius 1 is 1.46 bits per heavy atom. The summed E-state index contributed by atoms with van der Waals surface area (Å²) in [5, 5.41) is 0. The van der Waals surface area contributed by atoms with Gasteiger partial charge in [-0.15, -0.1) is 0 Å². The molecule has 0 spiro atoms. The summed E-state index contributed by atoms with van der Waals surface area (Å²) in [6.07, 6.45) is -2.82. The fourth-order valence-electron chi connectivity index (χ4n) is 1.42. The van der Waals surface area contributed by atoms with Crippen molar-refractivity contribution in [1.82, 2.24) is 0 Å². The zero-order valence-electron chi connectivity index (χ0n) is 6.94. The third-order valence-electron chi connectivity index (χ3n) is 2.28. The summed E-state index contributed by atoms with van der Waals surface area (Å²) < 4.78 is 48.7. The average molecular weight is 197 g/mol. The monoisotopic (exact) mass is 197 g/mol. The van der Waals surface area contributed by atoms with Gasteiger partial charge in [0.15, 0.2) is 0 Å². The second-order valence-corrected chi connectivity index (χ2v) is 3.25. The number of rotatable bonds is 1. The number of halogens is 4. The van der Waals surface area contributed by atoms with Crippen LogP contribution in [0.25, 0.3) is 0 Å². The van der Waals surface area contributed by atoms with Gasteiger partial charge >= 0.3 is 6.18 Å². The second kappa shape index (κ2) is 3.65. The van der Waals surface area contributed by atoms with Crippen LogP contribution < -0.4 is 5.73 Å². The van der Waals surface area contributed by atoms with E-state index in [1.165, 1.54) is 6.08 Å². The van der Waals surface area contributed by atoms with Crippen molar-refractivity contribution in [1.29, 1.82) is 0 Å². The van der Waals surface area contributed by atoms with Crippen molar-refractivity contribution in [3.05, 3.63) is 11.9 Å². The van der Waals surface area contributed by atoms with Crippen LogP contribution in [0.15, 0.2) is 11.9 Å². The molecule has 2 unspecified atom stereocenters. The molecule has 0 amide bonds. The van der Waals surface area contributed by atoms with Crippen LogP contribution in [0, 0.1) is 5.92 Å². The highest BCUT2D eigenvalue weighted by molar-refractivity contribution is 5.00. The molecular formula is C8H11F4N. The van der Waals surface area contributed by atoms with Gasteiger partial charge in [0, 0.05) is 0 Å². The van der Waals surface area contributed by atoms with Crippen LogP contribution in [0.3, 0.4) is 0 Å². The molecule has 0 aromatic carbocycles. The van der Waals surface area contributed by atoms with E-state index in [0.717, 1.165) is 0 Å². The quantitative estimate of drug-likeness (QED) is 0.642. The van der Waals surface area contributed by atoms with E-state index < -0.39 is 18.1 Å². The smallest absolute Gasteiger partial charge is 0.320 e. The van der Waals surface area contributed by atoms with E-state index in [0.29, 0.717) is 0 Å². The predicted octanol–water partition coefficient (Wildman–Crippen LogP) is 2.53. The van der Waals surface area contributed by atoms with Crippen LogP contribution in [0.4, 0.5) is 17.6 Å². The largest absolute Gasteiger partial charge is 0.403 e. The van der Waals surface area contributed by atoms with Crippen molar-refractivity contribution in [3.8, 4) is 0 Å². The van der Waals surface area contributed by atoms with Crippen LogP contribution in [0.5, 0.6) is 0 Å². The molecule has 0 aromatic heterocycles. The van der Waals surface area contributed by atoms with Gasteiger partial charge in [0.2, 0.25) is 0 Å². The van der Waals surface area contributed by atoms with Crippen LogP contribution >= 0.6 is 0 Å². The van der Waals surface area contributed by atoms with Gasteiger partial charge < -0.3 is 5.73 Å². The first-order chi connectivity index (χ1) is 5.91. The minimum Gasteiger partial charge on any atom is -0.320 e. The number of nitrogens with two attached hydrogens (primary N) is 1. The molecule has 0 fully saturated rings. The minimum atomic E-state index is -4.37. The molecule has 0 bridgehead atoms. The first kappa shape index (κ1) is 10.5. The van der Waals surface area contributed by atoms with Crippen LogP contribution in [0.2, 0.25) is 0 Å². The molecule has 1 rings (SSSR count). The standard InChI is InChI=1S/C8H11F4N/c9-6-3-1-5(2-4-6)7(13)8(10,11)12/h3,5,7H,1-2,4,13H2. The maximum atomic E-state index is 12.5. The van der Waals surface area contributed by atoms with Gasteiger partial charge in [-0.05, 0) is 25.2 Å². The Balaban J connectivity index is 2.55. The number of hydrogen-bond acceptors (Lipinski definition) is 1. The molecule has 0 aliphatic heterocycles. The molecule has 0 aromatic rings. The van der Waals surface area contributed by atoms with Gasteiger partial charge in [0.1, 0.15) is 6.04 Å². The summed E-state index contributed by atoms with van der Waals surface area (Å²) >= 11 is 0. The second-order valence-electron chi connectivity index (χ2n) is 3.25. The molecule has 2 atom stereocenters. The molecule has 5 heteroatoms. The summed E-state index contributed by atoms with van der Waals surface area (Å²) in [7, 11) is 0. The lowest BCUT2D eigenvalue weighted by atomic mass is 9.87. The van der Waals surface area contributed by atoms with Crippen LogP contribution in [-0.2, 0) is 0 Å². The minimum absolute atomic E-state index is 0.0778. The van der Waals surface area contributed by atoms with Crippen molar-refractivity contribution < 1.29 is 17.6 Å². The zero-order valence-corrected chi connectivity index (χ0v) is 6.94. The van der Waals surface area contributed by atoms with Gasteiger partial charge in [0.25, 0.3) is 0 Å². The molecule has 1 aliphatic rings. The van der Waals surface area contributed by atoms with Gasteiger partial charge in [-0.3, -0.25) is 0 Å². The van der Waals surface area contributed by atoms with Crippen molar-refractivity contribution >= 4 is 0 Å². The average Bonchev–Trinajstić information content (AvgIpc) is 2.03. The molecule has 1 nitrogen and oxygen atoms in total. The fourth-order valence-corrected chi connectivity index (χ4v) is 1.42. The van der Waals surface area contributed by atoms with E-state index in [2.05, 4.69) is 0 Å². The molecular weight excluding hydrogens is 186 g/mol. The molecule has 0 saturated carbocycles. The lowest BCUT2D eigenvalue weighted by Gasteiger charge is -2.26. The Kier molecular flexibility index (Phi) is 2.95. The predicted molar refractivity (Wildman–Crippen MR) is 40.6 cm³/mol. The molecule has 13 heavy (non-hydrogen) atoms. The number of allylic oxidation sites excluding steroid dienone is 2. The summed E-state index contributed by atoms with van der Waals surface area (Å²) in [4.78, 5) is 0. The lowest BCUT2D eigenvalue weighted by molar-refractivity contribution is -0.159. The summed E-state index contributed by atoms with van der Waals surface area (Å²) in [6.45, 7) is 0. The molecule has 0 heterocycles. The third kappa shape index (κ3) is 2.69. The van der Waals surface area contributed by atoms with Gasteiger partial charge in [-0.1, -0.05) is 6.08 Å². The Morgan fingerprint density at radius 2 is 2.08 bits per heavy atom. The van der Waals surface area contributed by atoms with E-state index in [9.17, 15) is 17.6 Å². The Labute approximate surface area is 73.6 Å². The van der Waals surface area contributed by atoms with Gasteiger partial charge in [-0.2, -0.15) is 13.2 Å². The van der Waals surface area contributed by atoms with Gasteiger partial charge in [0.05, 0.1) is 5.83 Å². The fraction of sp³-hybridized carbons (Fsp3) is 0.750. The third-order valence-corrected chi connectivity index (χ3v) is 2.28. The molecule has 2 N–H and O–H groups in total. The van der Waals surface area contributed by atoms with E-state index in [4.69, 9.17) is 5.73 Å². The summed E-state index contributed by atoms with van der Waals surface area (Å²) in [6, 6.07) is -1.82. The summed E-state index contributed by atoms with van der Waals surface area (Å²) in [5.74, 6) is -0.995. The topological polar surface area (TPSA) is 26.0 Å². The van der Waals surface area contributed by atoms with Crippen molar-refractivity contribution in [2.45, 2.75) is 31.5 Å². The highest BCUT2D eigenvalue weighted by Crippen LogP contribution is 2.32. The maximum Gasteiger partial charge on any atom is 0.403 e. The Hall–Kier alpha value is -0.580. The number of hydrogen-bond donors (Lipinski definition) is 1. The lowest BCUT2D eigenvalue weighted by Crippen LogP contribution is -2.44. The zero-order chi connectivity index (χ0) is 10.1. The van der Waals surface area contributed by atoms with E-state index in [1.807, 2.05) is 0 Å². The van der Waals surface area contributed by atoms with E-state index >= 15 is 0 Å². The summed E-state index contributed by atoms with van der Waals surface area (Å²) in [5.41, 5.74) is 4.99. The Morgan fingerprint density at radius 3 is 2.46 bits per heavy atom. The number of alkyl halides is 3. The SMILES string of the molecule is NC(C1CC=C(F)CC1)C(F)(F)F. The van der Waals surface area contributed by atoms with Crippen molar-refractivity contribution in [3.63, 3.8) is 0 Å². The van der Waals surface area contributed by atoms with Crippen LogP contribution in [-0.4, -0.2) is 12.2 Å². The van der Waals surface area contributed by atoms with Crippen molar-refractivity contribution in [2.24, 2.45) is 11.7 Å². The molecule has 76 valence electrons. The Bertz CT molecular complexity index is 209. The highest BCUT2D eigenvalue weighted by atomic mass is 19.4. The van der Waals surface area contributed by atoms with Crippen LogP contribution in [0.1, 0.15) is 19.3 Å². The van der Waals surface area contributed by atoms with Crippen molar-refractivity contribution in [2.75, 3.05) is 0 Å². The first-order valence-corrected chi connectivity index (χ1v) is 4.08. The van der Waals surface area contributed by atoms with E-state index in [-0.39, 0.29) is 25.1 Å². The molecule has 0 radical (unpaired) electrons. The molecule has 1 aliphatic carbocycles. The van der Waals surface area contributed by atoms with Gasteiger partial charge in [-0.25, -0.2) is 4.39 Å². The maximum absolute atomic E-state index is 12.5.